The summed E-state index contributed by atoms with van der Waals surface area (Å²) in [5, 5.41) is 8.85. The van der Waals surface area contributed by atoms with Crippen molar-refractivity contribution in [2.45, 2.75) is 52.0 Å². The van der Waals surface area contributed by atoms with Crippen molar-refractivity contribution < 1.29 is 14.7 Å². The first-order valence-corrected chi connectivity index (χ1v) is 6.04. The summed E-state index contributed by atoms with van der Waals surface area (Å²) in [5.41, 5.74) is 0. The molecule has 0 radical (unpaired) electrons. The largest absolute Gasteiger partial charge is 0.480 e. The van der Waals surface area contributed by atoms with Crippen LogP contribution in [0.4, 0.5) is 0 Å². The highest BCUT2D eigenvalue weighted by molar-refractivity contribution is 5.82. The minimum atomic E-state index is -0.917. The zero-order valence-electron chi connectivity index (χ0n) is 10.1. The highest BCUT2D eigenvalue weighted by atomic mass is 16.4. The number of carbonyl (C=O) groups is 2. The molecule has 1 saturated carbocycles. The van der Waals surface area contributed by atoms with Gasteiger partial charge in [-0.25, -0.2) is 0 Å². The van der Waals surface area contributed by atoms with Gasteiger partial charge in [0.15, 0.2) is 0 Å². The van der Waals surface area contributed by atoms with E-state index in [0.717, 1.165) is 25.7 Å². The van der Waals surface area contributed by atoms with Gasteiger partial charge in [-0.1, -0.05) is 33.1 Å². The van der Waals surface area contributed by atoms with E-state index in [1.165, 1.54) is 6.42 Å². The number of carboxylic acid groups (broad SMARTS) is 1. The lowest BCUT2D eigenvalue weighted by Gasteiger charge is -2.34. The minimum absolute atomic E-state index is 0.0331. The predicted molar refractivity (Wildman–Crippen MR) is 61.1 cm³/mol. The summed E-state index contributed by atoms with van der Waals surface area (Å²) in [6.07, 6.45) is 5.31. The summed E-state index contributed by atoms with van der Waals surface area (Å²) < 4.78 is 0. The van der Waals surface area contributed by atoms with Crippen LogP contribution in [0, 0.1) is 5.92 Å². The van der Waals surface area contributed by atoms with Crippen molar-refractivity contribution in [2.75, 3.05) is 6.54 Å². The van der Waals surface area contributed by atoms with E-state index in [1.807, 2.05) is 13.8 Å². The maximum Gasteiger partial charge on any atom is 0.323 e. The molecule has 0 aliphatic heterocycles. The van der Waals surface area contributed by atoms with Gasteiger partial charge in [0, 0.05) is 12.0 Å². The van der Waals surface area contributed by atoms with Gasteiger partial charge in [-0.3, -0.25) is 9.59 Å². The van der Waals surface area contributed by atoms with Crippen LogP contribution >= 0.6 is 0 Å². The Morgan fingerprint density at radius 1 is 1.25 bits per heavy atom. The SMILES string of the molecule is CC(C)C(=O)N(CC(=O)O)C1CCCCC1. The Hall–Kier alpha value is -1.06. The summed E-state index contributed by atoms with van der Waals surface area (Å²) in [6.45, 7) is 3.49. The monoisotopic (exact) mass is 227 g/mol. The summed E-state index contributed by atoms with van der Waals surface area (Å²) in [4.78, 5) is 24.3. The molecule has 1 aliphatic rings. The van der Waals surface area contributed by atoms with Crippen LogP contribution in [0.2, 0.25) is 0 Å². The molecule has 1 amide bonds. The predicted octanol–water partition coefficient (Wildman–Crippen LogP) is 1.89. The third-order valence-corrected chi connectivity index (χ3v) is 3.10. The molecule has 0 heterocycles. The normalized spacial score (nSPS) is 17.4. The molecule has 4 nitrogen and oxygen atoms in total. The van der Waals surface area contributed by atoms with Crippen LogP contribution in [-0.4, -0.2) is 34.5 Å². The van der Waals surface area contributed by atoms with Gasteiger partial charge in [0.25, 0.3) is 0 Å². The van der Waals surface area contributed by atoms with Crippen LogP contribution in [0.3, 0.4) is 0 Å². The molecule has 16 heavy (non-hydrogen) atoms. The number of carbonyl (C=O) groups excluding carboxylic acids is 1. The topological polar surface area (TPSA) is 57.6 Å². The van der Waals surface area contributed by atoms with Gasteiger partial charge in [0.1, 0.15) is 6.54 Å². The number of carboxylic acids is 1. The molecule has 1 fully saturated rings. The molecule has 0 aromatic heterocycles. The molecular formula is C12H21NO3. The van der Waals surface area contributed by atoms with Gasteiger partial charge in [-0.2, -0.15) is 0 Å². The average molecular weight is 227 g/mol. The van der Waals surface area contributed by atoms with Crippen molar-refractivity contribution in [2.24, 2.45) is 5.92 Å². The number of hydrogen-bond donors (Lipinski definition) is 1. The van der Waals surface area contributed by atoms with Gasteiger partial charge in [0.2, 0.25) is 5.91 Å². The molecule has 1 rings (SSSR count). The Morgan fingerprint density at radius 3 is 2.25 bits per heavy atom. The number of aliphatic carboxylic acids is 1. The first-order valence-electron chi connectivity index (χ1n) is 6.04. The van der Waals surface area contributed by atoms with Crippen molar-refractivity contribution in [1.82, 2.24) is 4.90 Å². The van der Waals surface area contributed by atoms with E-state index >= 15 is 0 Å². The molecule has 1 N–H and O–H groups in total. The molecule has 0 aromatic carbocycles. The van der Waals surface area contributed by atoms with Gasteiger partial charge in [0.05, 0.1) is 0 Å². The third kappa shape index (κ3) is 3.51. The van der Waals surface area contributed by atoms with Crippen molar-refractivity contribution in [3.63, 3.8) is 0 Å². The van der Waals surface area contributed by atoms with E-state index in [4.69, 9.17) is 5.11 Å². The highest BCUT2D eigenvalue weighted by Gasteiger charge is 2.28. The van der Waals surface area contributed by atoms with E-state index < -0.39 is 5.97 Å². The lowest BCUT2D eigenvalue weighted by molar-refractivity contribution is -0.148. The molecule has 4 heteroatoms. The van der Waals surface area contributed by atoms with Crippen molar-refractivity contribution in [3.8, 4) is 0 Å². The molecule has 92 valence electrons. The van der Waals surface area contributed by atoms with Gasteiger partial charge in [-0.05, 0) is 12.8 Å². The Kier molecular flexibility index (Phi) is 4.77. The minimum Gasteiger partial charge on any atom is -0.480 e. The maximum atomic E-state index is 11.9. The van der Waals surface area contributed by atoms with Crippen LogP contribution in [0.1, 0.15) is 46.0 Å². The summed E-state index contributed by atoms with van der Waals surface area (Å²) >= 11 is 0. The summed E-state index contributed by atoms with van der Waals surface area (Å²) in [7, 11) is 0. The van der Waals surface area contributed by atoms with Crippen molar-refractivity contribution in [1.29, 1.82) is 0 Å². The van der Waals surface area contributed by atoms with E-state index in [0.29, 0.717) is 0 Å². The number of rotatable bonds is 4. The van der Waals surface area contributed by atoms with Crippen molar-refractivity contribution in [3.05, 3.63) is 0 Å². The molecule has 0 saturated heterocycles. The Bertz CT molecular complexity index is 257. The standard InChI is InChI=1S/C12H21NO3/c1-9(2)12(16)13(8-11(14)15)10-6-4-3-5-7-10/h9-10H,3-8H2,1-2H3,(H,14,15). The fourth-order valence-corrected chi connectivity index (χ4v) is 2.26. The van der Waals surface area contributed by atoms with Crippen molar-refractivity contribution >= 4 is 11.9 Å². The first kappa shape index (κ1) is 13.0. The van der Waals surface area contributed by atoms with Crippen LogP contribution in [0.15, 0.2) is 0 Å². The quantitative estimate of drug-likeness (QED) is 0.797. The van der Waals surface area contributed by atoms with Crippen LogP contribution in [-0.2, 0) is 9.59 Å². The molecule has 0 aromatic rings. The van der Waals surface area contributed by atoms with Gasteiger partial charge in [-0.15, -0.1) is 0 Å². The Labute approximate surface area is 96.6 Å². The van der Waals surface area contributed by atoms with Gasteiger partial charge < -0.3 is 10.0 Å². The molecule has 0 atom stereocenters. The molecule has 0 spiro atoms. The average Bonchev–Trinajstić information content (AvgIpc) is 2.26. The second-order valence-electron chi connectivity index (χ2n) is 4.81. The number of nitrogens with zero attached hydrogens (tertiary/aromatic N) is 1. The van der Waals surface area contributed by atoms with E-state index in [9.17, 15) is 9.59 Å². The molecule has 1 aliphatic carbocycles. The summed E-state index contributed by atoms with van der Waals surface area (Å²) in [6, 6.07) is 0.139. The van der Waals surface area contributed by atoms with E-state index in [2.05, 4.69) is 0 Å². The van der Waals surface area contributed by atoms with E-state index in [1.54, 1.807) is 4.90 Å². The lowest BCUT2D eigenvalue weighted by Crippen LogP contribution is -2.46. The third-order valence-electron chi connectivity index (χ3n) is 3.10. The fourth-order valence-electron chi connectivity index (χ4n) is 2.26. The first-order chi connectivity index (χ1) is 7.52. The van der Waals surface area contributed by atoms with E-state index in [-0.39, 0.29) is 24.4 Å². The second kappa shape index (κ2) is 5.87. The highest BCUT2D eigenvalue weighted by Crippen LogP contribution is 2.23. The maximum absolute atomic E-state index is 11.9. The lowest BCUT2D eigenvalue weighted by atomic mass is 9.93. The Morgan fingerprint density at radius 2 is 1.81 bits per heavy atom. The fraction of sp³-hybridized carbons (Fsp3) is 0.833. The smallest absolute Gasteiger partial charge is 0.323 e. The molecule has 0 unspecified atom stereocenters. The number of amides is 1. The zero-order chi connectivity index (χ0) is 12.1. The van der Waals surface area contributed by atoms with Crippen LogP contribution < -0.4 is 0 Å². The second-order valence-corrected chi connectivity index (χ2v) is 4.81. The van der Waals surface area contributed by atoms with Crippen LogP contribution in [0.5, 0.6) is 0 Å². The number of hydrogen-bond acceptors (Lipinski definition) is 2. The molecule has 0 bridgehead atoms. The summed E-state index contributed by atoms with van der Waals surface area (Å²) in [5.74, 6) is -1.07. The Balaban J connectivity index is 2.68. The van der Waals surface area contributed by atoms with Gasteiger partial charge >= 0.3 is 5.97 Å². The van der Waals surface area contributed by atoms with Crippen LogP contribution in [0.25, 0.3) is 0 Å². The molecular weight excluding hydrogens is 206 g/mol. The zero-order valence-corrected chi connectivity index (χ0v) is 10.1.